The number of rotatable bonds is 3. The van der Waals surface area contributed by atoms with Crippen LogP contribution >= 0.6 is 27.5 Å². The van der Waals surface area contributed by atoms with E-state index in [-0.39, 0.29) is 11.4 Å². The highest BCUT2D eigenvalue weighted by Crippen LogP contribution is 2.22. The van der Waals surface area contributed by atoms with E-state index in [4.69, 9.17) is 11.6 Å². The number of carbonyl (C=O) groups excluding carboxylic acids is 1. The number of para-hydroxylation sites is 1. The number of nitrogens with one attached hydrogen (secondary N) is 1. The highest BCUT2D eigenvalue weighted by atomic mass is 79.9. The summed E-state index contributed by atoms with van der Waals surface area (Å²) in [5, 5.41) is 0.713. The van der Waals surface area contributed by atoms with Crippen LogP contribution < -0.4 is 11.0 Å². The molecule has 4 aromatic rings. The first kappa shape index (κ1) is 19.3. The lowest BCUT2D eigenvalue weighted by Gasteiger charge is -2.15. The Morgan fingerprint density at radius 1 is 1.07 bits per heavy atom. The SMILES string of the molecule is O=C(Nn1c(-c2ccc(F)cc2)nc2ccccc2c1=O)c1cc(Cl)ccc1Br. The van der Waals surface area contributed by atoms with Crippen LogP contribution in [0.5, 0.6) is 0 Å². The molecule has 1 amide bonds. The van der Waals surface area contributed by atoms with Crippen LogP contribution in [0.1, 0.15) is 10.4 Å². The smallest absolute Gasteiger partial charge is 0.267 e. The van der Waals surface area contributed by atoms with Gasteiger partial charge in [0.15, 0.2) is 5.82 Å². The fourth-order valence-electron chi connectivity index (χ4n) is 2.86. The molecule has 0 aliphatic heterocycles. The molecule has 0 atom stereocenters. The summed E-state index contributed by atoms with van der Waals surface area (Å²) in [5.41, 5.74) is 3.32. The molecule has 1 N–H and O–H groups in total. The van der Waals surface area contributed by atoms with Crippen molar-refractivity contribution in [3.05, 3.63) is 98.0 Å². The lowest BCUT2D eigenvalue weighted by molar-refractivity contribution is 0.101. The number of hydrogen-bond donors (Lipinski definition) is 1. The van der Waals surface area contributed by atoms with Crippen LogP contribution in [0.15, 0.2) is 76.0 Å². The number of halogens is 3. The maximum Gasteiger partial charge on any atom is 0.280 e. The Morgan fingerprint density at radius 3 is 2.55 bits per heavy atom. The second-order valence-electron chi connectivity index (χ2n) is 6.17. The molecule has 0 saturated carbocycles. The Kier molecular flexibility index (Phi) is 5.17. The number of nitrogens with zero attached hydrogens (tertiary/aromatic N) is 2. The first-order valence-corrected chi connectivity index (χ1v) is 9.65. The van der Waals surface area contributed by atoms with Crippen molar-refractivity contribution >= 4 is 44.3 Å². The predicted octanol–water partition coefficient (Wildman–Crippen LogP) is 5.00. The minimum atomic E-state index is -0.554. The van der Waals surface area contributed by atoms with E-state index in [1.54, 1.807) is 36.4 Å². The lowest BCUT2D eigenvalue weighted by Crippen LogP contribution is -2.35. The molecule has 0 bridgehead atoms. The van der Waals surface area contributed by atoms with Crippen LogP contribution in [0.25, 0.3) is 22.3 Å². The summed E-state index contributed by atoms with van der Waals surface area (Å²) in [5.74, 6) is -0.794. The summed E-state index contributed by atoms with van der Waals surface area (Å²) in [6, 6.07) is 17.0. The molecule has 0 spiro atoms. The average Bonchev–Trinajstić information content (AvgIpc) is 2.72. The van der Waals surface area contributed by atoms with Gasteiger partial charge < -0.3 is 0 Å². The molecular weight excluding hydrogens is 461 g/mol. The largest absolute Gasteiger partial charge is 0.280 e. The summed E-state index contributed by atoms with van der Waals surface area (Å²) in [6.07, 6.45) is 0. The molecule has 4 rings (SSSR count). The third-order valence-corrected chi connectivity index (χ3v) is 5.19. The van der Waals surface area contributed by atoms with E-state index < -0.39 is 17.3 Å². The molecule has 5 nitrogen and oxygen atoms in total. The zero-order chi connectivity index (χ0) is 20.5. The molecule has 8 heteroatoms. The van der Waals surface area contributed by atoms with Crippen LogP contribution in [-0.2, 0) is 0 Å². The number of carbonyl (C=O) groups is 1. The van der Waals surface area contributed by atoms with Crippen molar-refractivity contribution < 1.29 is 9.18 Å². The zero-order valence-corrected chi connectivity index (χ0v) is 17.0. The molecule has 0 radical (unpaired) electrons. The highest BCUT2D eigenvalue weighted by molar-refractivity contribution is 9.10. The number of amides is 1. The van der Waals surface area contributed by atoms with Gasteiger partial charge in [0.1, 0.15) is 5.82 Å². The van der Waals surface area contributed by atoms with Crippen molar-refractivity contribution in [1.82, 2.24) is 9.66 Å². The van der Waals surface area contributed by atoms with E-state index in [9.17, 15) is 14.0 Å². The van der Waals surface area contributed by atoms with Crippen molar-refractivity contribution in [2.75, 3.05) is 5.43 Å². The van der Waals surface area contributed by atoms with Crippen LogP contribution in [0, 0.1) is 5.82 Å². The Morgan fingerprint density at radius 2 is 1.79 bits per heavy atom. The number of hydrogen-bond acceptors (Lipinski definition) is 3. The Hall–Kier alpha value is -3.03. The van der Waals surface area contributed by atoms with Crippen LogP contribution in [0.2, 0.25) is 5.02 Å². The van der Waals surface area contributed by atoms with E-state index in [0.29, 0.717) is 26.0 Å². The van der Waals surface area contributed by atoms with Crippen LogP contribution in [0.4, 0.5) is 4.39 Å². The monoisotopic (exact) mass is 471 g/mol. The molecule has 1 heterocycles. The first-order chi connectivity index (χ1) is 13.9. The molecule has 0 unspecified atom stereocenters. The van der Waals surface area contributed by atoms with Gasteiger partial charge in [-0.3, -0.25) is 15.0 Å². The van der Waals surface area contributed by atoms with E-state index in [1.165, 1.54) is 30.3 Å². The second kappa shape index (κ2) is 7.77. The van der Waals surface area contributed by atoms with E-state index in [2.05, 4.69) is 26.3 Å². The fraction of sp³-hybridized carbons (Fsp3) is 0. The first-order valence-electron chi connectivity index (χ1n) is 8.48. The van der Waals surface area contributed by atoms with Crippen molar-refractivity contribution in [3.8, 4) is 11.4 Å². The van der Waals surface area contributed by atoms with Gasteiger partial charge in [-0.25, -0.2) is 9.37 Å². The van der Waals surface area contributed by atoms with Crippen molar-refractivity contribution in [2.24, 2.45) is 0 Å². The van der Waals surface area contributed by atoms with Gasteiger partial charge in [-0.05, 0) is 70.5 Å². The van der Waals surface area contributed by atoms with Gasteiger partial charge in [-0.2, -0.15) is 4.68 Å². The topological polar surface area (TPSA) is 64.0 Å². The zero-order valence-electron chi connectivity index (χ0n) is 14.7. The molecule has 0 aliphatic carbocycles. The Bertz CT molecular complexity index is 1310. The normalized spacial score (nSPS) is 10.9. The molecular formula is C21H12BrClFN3O2. The summed E-state index contributed by atoms with van der Waals surface area (Å²) in [4.78, 5) is 30.5. The Labute approximate surface area is 177 Å². The number of fused-ring (bicyclic) bond motifs is 1. The Balaban J connectivity index is 1.90. The molecule has 0 aliphatic rings. The minimum absolute atomic E-state index is 0.181. The van der Waals surface area contributed by atoms with Gasteiger partial charge in [0.25, 0.3) is 11.5 Å². The van der Waals surface area contributed by atoms with Crippen LogP contribution in [0.3, 0.4) is 0 Å². The molecule has 3 aromatic carbocycles. The summed E-state index contributed by atoms with van der Waals surface area (Å²) >= 11 is 9.31. The van der Waals surface area contributed by atoms with E-state index >= 15 is 0 Å². The average molecular weight is 473 g/mol. The standard InChI is InChI=1S/C21H12BrClFN3O2/c22-17-10-7-13(23)11-16(17)20(28)26-27-19(12-5-8-14(24)9-6-12)25-18-4-2-1-3-15(18)21(27)29/h1-11H,(H,26,28). The fourth-order valence-corrected chi connectivity index (χ4v) is 3.46. The van der Waals surface area contributed by atoms with E-state index in [0.717, 1.165) is 4.68 Å². The maximum atomic E-state index is 13.4. The lowest BCUT2D eigenvalue weighted by atomic mass is 10.2. The van der Waals surface area contributed by atoms with Gasteiger partial charge in [0, 0.05) is 15.1 Å². The van der Waals surface area contributed by atoms with Gasteiger partial charge in [0.05, 0.1) is 16.5 Å². The summed E-state index contributed by atoms with van der Waals surface area (Å²) < 4.78 is 15.0. The van der Waals surface area contributed by atoms with E-state index in [1.807, 2.05) is 0 Å². The molecule has 144 valence electrons. The minimum Gasteiger partial charge on any atom is -0.267 e. The summed E-state index contributed by atoms with van der Waals surface area (Å²) in [7, 11) is 0. The quantitative estimate of drug-likeness (QED) is 0.456. The van der Waals surface area contributed by atoms with Crippen molar-refractivity contribution in [2.45, 2.75) is 0 Å². The molecule has 1 aromatic heterocycles. The number of aromatic nitrogens is 2. The van der Waals surface area contributed by atoms with Gasteiger partial charge >= 0.3 is 0 Å². The third-order valence-electron chi connectivity index (χ3n) is 4.26. The molecule has 0 saturated heterocycles. The molecule has 29 heavy (non-hydrogen) atoms. The second-order valence-corrected chi connectivity index (χ2v) is 7.46. The van der Waals surface area contributed by atoms with Crippen molar-refractivity contribution in [3.63, 3.8) is 0 Å². The number of benzene rings is 3. The van der Waals surface area contributed by atoms with Crippen LogP contribution in [-0.4, -0.2) is 15.6 Å². The predicted molar refractivity (Wildman–Crippen MR) is 114 cm³/mol. The van der Waals surface area contributed by atoms with Gasteiger partial charge in [-0.15, -0.1) is 0 Å². The third kappa shape index (κ3) is 3.79. The highest BCUT2D eigenvalue weighted by Gasteiger charge is 2.17. The van der Waals surface area contributed by atoms with Crippen molar-refractivity contribution in [1.29, 1.82) is 0 Å². The van der Waals surface area contributed by atoms with Gasteiger partial charge in [0.2, 0.25) is 0 Å². The maximum absolute atomic E-state index is 13.4. The summed E-state index contributed by atoms with van der Waals surface area (Å²) in [6.45, 7) is 0. The van der Waals surface area contributed by atoms with Gasteiger partial charge in [-0.1, -0.05) is 23.7 Å². The molecule has 0 fully saturated rings.